The van der Waals surface area contributed by atoms with Gasteiger partial charge in [0.2, 0.25) is 0 Å². The van der Waals surface area contributed by atoms with Gasteiger partial charge in [-0.2, -0.15) is 0 Å². The maximum absolute atomic E-state index is 4.32. The number of rotatable bonds is 12. The molecule has 3 aromatic rings. The molecule has 0 heterocycles. The first kappa shape index (κ1) is 26.5. The summed E-state index contributed by atoms with van der Waals surface area (Å²) in [5.74, 6) is 0. The second-order valence-corrected chi connectivity index (χ2v) is 9.92. The number of anilines is 1. The van der Waals surface area contributed by atoms with Crippen LogP contribution >= 0.6 is 0 Å². The fourth-order valence-corrected chi connectivity index (χ4v) is 5.06. The molecule has 184 valence electrons. The third kappa shape index (κ3) is 6.54. The van der Waals surface area contributed by atoms with Gasteiger partial charge in [-0.3, -0.25) is 0 Å². The third-order valence-electron chi connectivity index (χ3n) is 7.10. The molecule has 0 aliphatic rings. The second kappa shape index (κ2) is 12.6. The van der Waals surface area contributed by atoms with Crippen molar-refractivity contribution in [3.63, 3.8) is 0 Å². The van der Waals surface area contributed by atoms with Gasteiger partial charge in [-0.25, -0.2) is 0 Å². The van der Waals surface area contributed by atoms with E-state index >= 15 is 0 Å². The van der Waals surface area contributed by atoms with E-state index in [9.17, 15) is 0 Å². The molecule has 3 aromatic carbocycles. The highest BCUT2D eigenvalue weighted by Gasteiger charge is 2.28. The van der Waals surface area contributed by atoms with Crippen molar-refractivity contribution in [1.29, 1.82) is 0 Å². The summed E-state index contributed by atoms with van der Waals surface area (Å²) in [6, 6.07) is 26.8. The van der Waals surface area contributed by atoms with Crippen molar-refractivity contribution in [2.75, 3.05) is 11.4 Å². The van der Waals surface area contributed by atoms with Gasteiger partial charge in [-0.1, -0.05) is 106 Å². The first-order valence-electron chi connectivity index (χ1n) is 13.3. The molecule has 0 aliphatic carbocycles. The predicted molar refractivity (Wildman–Crippen MR) is 156 cm³/mol. The zero-order valence-corrected chi connectivity index (χ0v) is 22.5. The molecule has 0 N–H and O–H groups in total. The average Bonchev–Trinajstić information content (AvgIpc) is 2.87. The number of hydrogen-bond acceptors (Lipinski definition) is 1. The molecule has 0 unspecified atom stereocenters. The number of unbranched alkanes of at least 4 members (excludes halogenated alkanes) is 3. The Hall–Kier alpha value is -3.06. The van der Waals surface area contributed by atoms with E-state index in [1.54, 1.807) is 0 Å². The van der Waals surface area contributed by atoms with Crippen LogP contribution in [0.15, 0.2) is 91.5 Å². The highest BCUT2D eigenvalue weighted by Crippen LogP contribution is 2.34. The molecule has 0 aromatic heterocycles. The highest BCUT2D eigenvalue weighted by atomic mass is 15.2. The Morgan fingerprint density at radius 1 is 0.857 bits per heavy atom. The van der Waals surface area contributed by atoms with Gasteiger partial charge >= 0.3 is 0 Å². The number of para-hydroxylation sites is 1. The number of benzene rings is 3. The summed E-state index contributed by atoms with van der Waals surface area (Å²) in [5, 5.41) is 0. The van der Waals surface area contributed by atoms with E-state index in [-0.39, 0.29) is 5.54 Å². The lowest BCUT2D eigenvalue weighted by Gasteiger charge is -2.40. The smallest absolute Gasteiger partial charge is 0.0597 e. The molecule has 0 saturated heterocycles. The van der Waals surface area contributed by atoms with E-state index in [0.29, 0.717) is 0 Å². The highest BCUT2D eigenvalue weighted by molar-refractivity contribution is 5.77. The molecule has 0 amide bonds. The van der Waals surface area contributed by atoms with Crippen LogP contribution in [-0.4, -0.2) is 6.54 Å². The average molecular weight is 466 g/mol. The first-order chi connectivity index (χ1) is 16.9. The van der Waals surface area contributed by atoms with Crippen molar-refractivity contribution in [3.8, 4) is 11.1 Å². The molecule has 35 heavy (non-hydrogen) atoms. The summed E-state index contributed by atoms with van der Waals surface area (Å²) in [5.41, 5.74) is 8.82. The minimum absolute atomic E-state index is 0.104. The van der Waals surface area contributed by atoms with Crippen molar-refractivity contribution >= 4 is 11.3 Å². The molecule has 1 heteroatoms. The molecule has 1 nitrogen and oxygen atoms in total. The summed E-state index contributed by atoms with van der Waals surface area (Å²) in [6.45, 7) is 16.5. The minimum atomic E-state index is -0.104. The summed E-state index contributed by atoms with van der Waals surface area (Å²) < 4.78 is 0. The van der Waals surface area contributed by atoms with Gasteiger partial charge in [-0.05, 0) is 86.1 Å². The fraction of sp³-hybridized carbons (Fsp3) is 0.353. The molecular formula is C34H43N. The Bertz CT molecular complexity index is 1100. The summed E-state index contributed by atoms with van der Waals surface area (Å²) in [7, 11) is 0. The van der Waals surface area contributed by atoms with Crippen molar-refractivity contribution in [2.24, 2.45) is 0 Å². The quantitative estimate of drug-likeness (QED) is 0.190. The zero-order valence-electron chi connectivity index (χ0n) is 22.5. The number of aryl methyl sites for hydroxylation is 1. The Morgan fingerprint density at radius 2 is 1.54 bits per heavy atom. The van der Waals surface area contributed by atoms with Crippen LogP contribution in [0.5, 0.6) is 0 Å². The van der Waals surface area contributed by atoms with Gasteiger partial charge in [0.1, 0.15) is 0 Å². The molecule has 3 rings (SSSR count). The Labute approximate surface area is 214 Å². The lowest BCUT2D eigenvalue weighted by atomic mass is 9.88. The monoisotopic (exact) mass is 465 g/mol. The van der Waals surface area contributed by atoms with Crippen LogP contribution in [0, 0.1) is 0 Å². The lowest BCUT2D eigenvalue weighted by molar-refractivity contribution is 0.490. The van der Waals surface area contributed by atoms with E-state index in [4.69, 9.17) is 0 Å². The number of allylic oxidation sites excluding steroid dienone is 3. The van der Waals surface area contributed by atoms with E-state index in [0.717, 1.165) is 18.5 Å². The maximum atomic E-state index is 4.32. The van der Waals surface area contributed by atoms with Gasteiger partial charge in [0.15, 0.2) is 0 Å². The summed E-state index contributed by atoms with van der Waals surface area (Å²) >= 11 is 0. The Morgan fingerprint density at radius 3 is 2.17 bits per heavy atom. The van der Waals surface area contributed by atoms with Crippen LogP contribution in [0.1, 0.15) is 77.0 Å². The standard InChI is InChI=1S/C34H43N/c1-7-10-11-13-17-30-26-29(22-25-33(30)27(4)16-8-2)28-20-23-31(24-21-28)34(5,6)35(9-3)32-18-14-12-15-19-32/h8,12,14-16,18-26H,4,7,9-11,13,17H2,1-3,5-6H3/b16-8-. The largest absolute Gasteiger partial charge is 0.363 e. The van der Waals surface area contributed by atoms with Crippen LogP contribution in [0.3, 0.4) is 0 Å². The molecule has 0 aliphatic heterocycles. The van der Waals surface area contributed by atoms with Crippen molar-refractivity contribution in [2.45, 2.75) is 72.3 Å². The topological polar surface area (TPSA) is 3.24 Å². The van der Waals surface area contributed by atoms with Crippen molar-refractivity contribution in [3.05, 3.63) is 108 Å². The molecule has 0 atom stereocenters. The normalized spacial score (nSPS) is 11.7. The lowest BCUT2D eigenvalue weighted by Crippen LogP contribution is -2.41. The van der Waals surface area contributed by atoms with Gasteiger partial charge in [0, 0.05) is 12.2 Å². The summed E-state index contributed by atoms with van der Waals surface area (Å²) in [4.78, 5) is 2.47. The van der Waals surface area contributed by atoms with Crippen molar-refractivity contribution < 1.29 is 0 Å². The zero-order chi connectivity index (χ0) is 25.3. The molecule has 0 bridgehead atoms. The molecule has 0 spiro atoms. The number of hydrogen-bond donors (Lipinski definition) is 0. The third-order valence-corrected chi connectivity index (χ3v) is 7.10. The van der Waals surface area contributed by atoms with Crippen molar-refractivity contribution in [1.82, 2.24) is 0 Å². The first-order valence-corrected chi connectivity index (χ1v) is 13.3. The maximum Gasteiger partial charge on any atom is 0.0597 e. The summed E-state index contributed by atoms with van der Waals surface area (Å²) in [6.07, 6.45) is 10.4. The van der Waals surface area contributed by atoms with Gasteiger partial charge in [0.05, 0.1) is 5.54 Å². The van der Waals surface area contributed by atoms with E-state index < -0.39 is 0 Å². The van der Waals surface area contributed by atoms with Crippen LogP contribution in [-0.2, 0) is 12.0 Å². The van der Waals surface area contributed by atoms with Crippen LogP contribution < -0.4 is 4.90 Å². The minimum Gasteiger partial charge on any atom is -0.363 e. The fourth-order valence-electron chi connectivity index (χ4n) is 5.06. The Kier molecular flexibility index (Phi) is 9.55. The SMILES string of the molecule is C=C(/C=C\C)c1ccc(-c2ccc(C(C)(C)N(CC)c3ccccc3)cc2)cc1CCCCCC. The number of nitrogens with zero attached hydrogens (tertiary/aromatic N) is 1. The molecular weight excluding hydrogens is 422 g/mol. The molecule has 0 fully saturated rings. The van der Waals surface area contributed by atoms with Crippen LogP contribution in [0.4, 0.5) is 5.69 Å². The van der Waals surface area contributed by atoms with Gasteiger partial charge in [-0.15, -0.1) is 0 Å². The van der Waals surface area contributed by atoms with E-state index in [2.05, 4.69) is 131 Å². The van der Waals surface area contributed by atoms with Gasteiger partial charge in [0.25, 0.3) is 0 Å². The molecule has 0 saturated carbocycles. The van der Waals surface area contributed by atoms with Crippen LogP contribution in [0.2, 0.25) is 0 Å². The van der Waals surface area contributed by atoms with Crippen LogP contribution in [0.25, 0.3) is 16.7 Å². The molecule has 0 radical (unpaired) electrons. The van der Waals surface area contributed by atoms with Gasteiger partial charge < -0.3 is 4.90 Å². The predicted octanol–water partition coefficient (Wildman–Crippen LogP) is 9.83. The van der Waals surface area contributed by atoms with E-state index in [1.165, 1.54) is 59.2 Å². The second-order valence-electron chi connectivity index (χ2n) is 9.92. The van der Waals surface area contributed by atoms with E-state index in [1.807, 2.05) is 0 Å². The Balaban J connectivity index is 1.89.